The predicted octanol–water partition coefficient (Wildman–Crippen LogP) is 1.33. The monoisotopic (exact) mass is 294 g/mol. The number of nitrogens with two attached hydrogens (primary N) is 1. The number of ether oxygens (including phenoxy) is 1. The van der Waals surface area contributed by atoms with E-state index in [1.807, 2.05) is 30.3 Å². The van der Waals surface area contributed by atoms with Crippen LogP contribution in [-0.4, -0.2) is 28.9 Å². The number of esters is 1. The molecule has 0 aliphatic carbocycles. The molecule has 7 heteroatoms. The van der Waals surface area contributed by atoms with Crippen LogP contribution in [0.4, 0.5) is 0 Å². The summed E-state index contributed by atoms with van der Waals surface area (Å²) >= 11 is 5.58. The van der Waals surface area contributed by atoms with Crippen molar-refractivity contribution in [2.75, 3.05) is 5.88 Å². The van der Waals surface area contributed by atoms with Crippen LogP contribution in [0.2, 0.25) is 0 Å². The van der Waals surface area contributed by atoms with Gasteiger partial charge in [-0.3, -0.25) is 5.73 Å². The van der Waals surface area contributed by atoms with E-state index in [0.717, 1.165) is 5.56 Å². The summed E-state index contributed by atoms with van der Waals surface area (Å²) < 4.78 is 5.52. The number of benzene rings is 1. The average molecular weight is 295 g/mol. The zero-order valence-corrected chi connectivity index (χ0v) is 11.3. The molecule has 1 aliphatic rings. The van der Waals surface area contributed by atoms with Gasteiger partial charge in [0.05, 0.1) is 12.1 Å². The molecule has 0 fully saturated rings. The van der Waals surface area contributed by atoms with Gasteiger partial charge in [-0.1, -0.05) is 35.2 Å². The van der Waals surface area contributed by atoms with Crippen molar-refractivity contribution < 1.29 is 14.3 Å². The summed E-state index contributed by atoms with van der Waals surface area (Å²) in [4.78, 5) is 27.4. The minimum atomic E-state index is -0.739. The maximum absolute atomic E-state index is 11.9. The van der Waals surface area contributed by atoms with E-state index in [-0.39, 0.29) is 24.0 Å². The van der Waals surface area contributed by atoms with Crippen molar-refractivity contribution in [3.05, 3.63) is 52.3 Å². The smallest absolute Gasteiger partial charge is 0.366 e. The van der Waals surface area contributed by atoms with Gasteiger partial charge in [-0.05, 0) is 10.3 Å². The molecule has 0 amide bonds. The number of rotatable bonds is 4. The standard InChI is InChI=1S/C13H12ClN3O3/c14-6-10-7-16-11(12(15)17(10)19)13(18)20-8-9-4-2-1-3-5-9/h1-5,7,10H,6,8H2,(H-,15,18)/p+1. The van der Waals surface area contributed by atoms with Gasteiger partial charge in [0.15, 0.2) is 6.04 Å². The Bertz CT molecular complexity index is 584. The lowest BCUT2D eigenvalue weighted by atomic mass is 10.2. The Morgan fingerprint density at radius 1 is 1.40 bits per heavy atom. The summed E-state index contributed by atoms with van der Waals surface area (Å²) in [7, 11) is 0. The van der Waals surface area contributed by atoms with E-state index in [4.69, 9.17) is 22.1 Å². The molecule has 0 spiro atoms. The molecule has 1 atom stereocenters. The molecule has 1 heterocycles. The van der Waals surface area contributed by atoms with E-state index < -0.39 is 12.0 Å². The number of aliphatic imine (C=N–C) groups is 1. The Kier molecular flexibility index (Phi) is 4.47. The molecule has 1 unspecified atom stereocenters. The number of carbonyl (C=O) groups is 1. The Labute approximate surface area is 120 Å². The highest BCUT2D eigenvalue weighted by atomic mass is 35.5. The maximum Gasteiger partial charge on any atom is 0.366 e. The van der Waals surface area contributed by atoms with Crippen LogP contribution in [-0.2, 0) is 16.1 Å². The fourth-order valence-electron chi connectivity index (χ4n) is 1.62. The number of alkyl halides is 1. The second-order valence-corrected chi connectivity index (χ2v) is 4.43. The Morgan fingerprint density at radius 2 is 2.10 bits per heavy atom. The van der Waals surface area contributed by atoms with Gasteiger partial charge in [0.1, 0.15) is 6.61 Å². The van der Waals surface area contributed by atoms with Crippen LogP contribution in [0.5, 0.6) is 0 Å². The Hall–Kier alpha value is -2.21. The van der Waals surface area contributed by atoms with Crippen molar-refractivity contribution in [1.82, 2.24) is 0 Å². The molecule has 1 aromatic carbocycles. The number of nitrogens with zero attached hydrogens (tertiary/aromatic N) is 2. The third-order valence-electron chi connectivity index (χ3n) is 2.72. The average Bonchev–Trinajstić information content (AvgIpc) is 2.48. The van der Waals surface area contributed by atoms with Crippen molar-refractivity contribution in [2.45, 2.75) is 12.6 Å². The maximum atomic E-state index is 11.9. The first-order valence-corrected chi connectivity index (χ1v) is 6.44. The van der Waals surface area contributed by atoms with Gasteiger partial charge < -0.3 is 4.74 Å². The first-order valence-electron chi connectivity index (χ1n) is 5.90. The van der Waals surface area contributed by atoms with Crippen molar-refractivity contribution >= 4 is 23.8 Å². The van der Waals surface area contributed by atoms with E-state index in [0.29, 0.717) is 4.76 Å². The summed E-state index contributed by atoms with van der Waals surface area (Å²) in [5, 5.41) is 0. The Balaban J connectivity index is 2.05. The second-order valence-electron chi connectivity index (χ2n) is 4.12. The summed E-state index contributed by atoms with van der Waals surface area (Å²) in [5.74, 6) is -0.979. The summed E-state index contributed by atoms with van der Waals surface area (Å²) in [5.41, 5.74) is 6.21. The fraction of sp³-hybridized carbons (Fsp3) is 0.231. The number of halogens is 1. The molecule has 0 radical (unpaired) electrons. The lowest BCUT2D eigenvalue weighted by Crippen LogP contribution is -2.35. The molecule has 1 aromatic rings. The van der Waals surface area contributed by atoms with Gasteiger partial charge in [-0.2, -0.15) is 0 Å². The van der Waals surface area contributed by atoms with Gasteiger partial charge in [-0.25, -0.2) is 9.79 Å². The summed E-state index contributed by atoms with van der Waals surface area (Å²) in [6, 6.07) is 8.50. The molecule has 20 heavy (non-hydrogen) atoms. The van der Waals surface area contributed by atoms with Gasteiger partial charge in [0.2, 0.25) is 5.70 Å². The number of nitroso groups, excluding NO2 is 1. The molecular formula is C13H13ClN3O3+. The summed E-state index contributed by atoms with van der Waals surface area (Å²) in [6.45, 7) is 0.0871. The van der Waals surface area contributed by atoms with Gasteiger partial charge in [0, 0.05) is 0 Å². The minimum Gasteiger partial charge on any atom is -0.456 e. The van der Waals surface area contributed by atoms with Crippen molar-refractivity contribution in [3.63, 3.8) is 0 Å². The van der Waals surface area contributed by atoms with Gasteiger partial charge in [0.25, 0.3) is 0 Å². The van der Waals surface area contributed by atoms with Gasteiger partial charge in [-0.15, -0.1) is 11.6 Å². The topological polar surface area (TPSA) is 84.8 Å². The minimum absolute atomic E-state index is 0.0417. The van der Waals surface area contributed by atoms with E-state index in [9.17, 15) is 9.70 Å². The largest absolute Gasteiger partial charge is 0.456 e. The molecule has 0 saturated heterocycles. The van der Waals surface area contributed by atoms with Crippen LogP contribution in [0.1, 0.15) is 5.56 Å². The lowest BCUT2D eigenvalue weighted by Gasteiger charge is -2.11. The highest BCUT2D eigenvalue weighted by molar-refractivity contribution is 6.19. The molecular weight excluding hydrogens is 282 g/mol. The Morgan fingerprint density at radius 3 is 2.75 bits per heavy atom. The van der Waals surface area contributed by atoms with Crippen molar-refractivity contribution in [3.8, 4) is 0 Å². The van der Waals surface area contributed by atoms with E-state index in [1.165, 1.54) is 6.21 Å². The van der Waals surface area contributed by atoms with Crippen LogP contribution in [0.25, 0.3) is 0 Å². The van der Waals surface area contributed by atoms with Crippen molar-refractivity contribution in [1.29, 1.82) is 0 Å². The lowest BCUT2D eigenvalue weighted by molar-refractivity contribution is -0.518. The third kappa shape index (κ3) is 3.03. The van der Waals surface area contributed by atoms with Crippen molar-refractivity contribution in [2.24, 2.45) is 10.7 Å². The van der Waals surface area contributed by atoms with Crippen LogP contribution >= 0.6 is 11.6 Å². The first-order chi connectivity index (χ1) is 9.63. The van der Waals surface area contributed by atoms with E-state index >= 15 is 0 Å². The van der Waals surface area contributed by atoms with Crippen LogP contribution < -0.4 is 5.73 Å². The number of carbonyl (C=O) groups excluding carboxylic acids is 1. The fourth-order valence-corrected chi connectivity index (χ4v) is 1.83. The van der Waals surface area contributed by atoms with Gasteiger partial charge >= 0.3 is 11.8 Å². The first kappa shape index (κ1) is 14.2. The number of hydrogen-bond acceptors (Lipinski definition) is 5. The summed E-state index contributed by atoms with van der Waals surface area (Å²) in [6.07, 6.45) is 1.29. The molecule has 0 saturated carbocycles. The second kappa shape index (κ2) is 6.29. The SMILES string of the molecule is NC1=C(C(=O)OCc2ccccc2)N=CC(CCl)[N+]1=O. The molecule has 2 rings (SSSR count). The van der Waals surface area contributed by atoms with Crippen LogP contribution in [0.15, 0.2) is 46.8 Å². The van der Waals surface area contributed by atoms with Crippen LogP contribution in [0.3, 0.4) is 0 Å². The predicted molar refractivity (Wildman–Crippen MR) is 74.1 cm³/mol. The number of hydrogen-bond donors (Lipinski definition) is 1. The van der Waals surface area contributed by atoms with E-state index in [2.05, 4.69) is 4.99 Å². The quantitative estimate of drug-likeness (QED) is 0.516. The highest BCUT2D eigenvalue weighted by Crippen LogP contribution is 2.14. The normalized spacial score (nSPS) is 18.2. The molecule has 0 aromatic heterocycles. The molecule has 104 valence electrons. The van der Waals surface area contributed by atoms with E-state index in [1.54, 1.807) is 0 Å². The third-order valence-corrected chi connectivity index (χ3v) is 3.04. The molecule has 2 N–H and O–H groups in total. The highest BCUT2D eigenvalue weighted by Gasteiger charge is 2.33. The molecule has 0 bridgehead atoms. The molecule has 1 aliphatic heterocycles. The zero-order chi connectivity index (χ0) is 14.5. The zero-order valence-electron chi connectivity index (χ0n) is 10.5. The molecule has 6 nitrogen and oxygen atoms in total. The van der Waals surface area contributed by atoms with Crippen LogP contribution in [0, 0.1) is 4.91 Å².